The Morgan fingerprint density at radius 2 is 2.21 bits per heavy atom. The van der Waals surface area contributed by atoms with Crippen LogP contribution in [-0.2, 0) is 4.74 Å². The van der Waals surface area contributed by atoms with Crippen molar-refractivity contribution in [3.05, 3.63) is 29.2 Å². The van der Waals surface area contributed by atoms with Gasteiger partial charge in [0.15, 0.2) is 0 Å². The fourth-order valence-electron chi connectivity index (χ4n) is 5.18. The largest absolute Gasteiger partial charge is 0.464 e. The predicted molar refractivity (Wildman–Crippen MR) is 129 cm³/mol. The minimum atomic E-state index is -0.503. The van der Waals surface area contributed by atoms with E-state index in [-0.39, 0.29) is 22.9 Å². The second kappa shape index (κ2) is 7.77. The van der Waals surface area contributed by atoms with Gasteiger partial charge in [-0.3, -0.25) is 0 Å². The molecule has 1 saturated heterocycles. The van der Waals surface area contributed by atoms with E-state index in [1.165, 1.54) is 19.2 Å². The summed E-state index contributed by atoms with van der Waals surface area (Å²) in [6, 6.07) is 3.44. The maximum absolute atomic E-state index is 14.5. The van der Waals surface area contributed by atoms with Crippen molar-refractivity contribution in [2.24, 2.45) is 11.7 Å². The predicted octanol–water partition coefficient (Wildman–Crippen LogP) is 3.20. The third-order valence-corrected chi connectivity index (χ3v) is 7.64. The second-order valence-electron chi connectivity index (χ2n) is 8.69. The zero-order valence-electron chi connectivity index (χ0n) is 18.6. The van der Waals surface area contributed by atoms with E-state index in [0.29, 0.717) is 28.2 Å². The lowest BCUT2D eigenvalue weighted by atomic mass is 10.0. The molecule has 4 aromatic rings. The second-order valence-corrected chi connectivity index (χ2v) is 9.72. The molecule has 6 rings (SSSR count). The molecule has 176 valence electrons. The number of nitrogens with zero attached hydrogens (tertiary/aromatic N) is 4. The highest BCUT2D eigenvalue weighted by Crippen LogP contribution is 2.44. The Hall–Kier alpha value is -3.51. The summed E-state index contributed by atoms with van der Waals surface area (Å²) in [7, 11) is 3.07. The first-order valence-electron chi connectivity index (χ1n) is 11.0. The molecule has 10 nitrogen and oxygen atoms in total. The van der Waals surface area contributed by atoms with Gasteiger partial charge in [0.1, 0.15) is 22.3 Å². The summed E-state index contributed by atoms with van der Waals surface area (Å²) in [5.74, 6) is 0.661. The van der Waals surface area contributed by atoms with Crippen LogP contribution in [0.4, 0.5) is 26.8 Å². The van der Waals surface area contributed by atoms with Crippen molar-refractivity contribution in [3.8, 4) is 0 Å². The number of aromatic amines is 1. The third kappa shape index (κ3) is 3.24. The number of ether oxygens (including phenoxy) is 1. The topological polar surface area (TPSA) is 134 Å². The van der Waals surface area contributed by atoms with Crippen molar-refractivity contribution in [2.75, 3.05) is 36.2 Å². The Labute approximate surface area is 197 Å². The molecule has 2 bridgehead atoms. The van der Waals surface area contributed by atoms with E-state index in [2.05, 4.69) is 30.5 Å². The minimum absolute atomic E-state index is 0.196. The van der Waals surface area contributed by atoms with Crippen LogP contribution in [0.5, 0.6) is 0 Å². The van der Waals surface area contributed by atoms with Gasteiger partial charge in [-0.25, -0.2) is 14.2 Å². The lowest BCUT2D eigenvalue weighted by molar-refractivity contribution is 0.0600. The van der Waals surface area contributed by atoms with Gasteiger partial charge in [-0.1, -0.05) is 11.3 Å². The molecular formula is C22H23FN8O2S. The van der Waals surface area contributed by atoms with Crippen LogP contribution in [0.3, 0.4) is 0 Å². The van der Waals surface area contributed by atoms with Gasteiger partial charge in [-0.15, -0.1) is 0 Å². The normalized spacial score (nSPS) is 21.5. The quantitative estimate of drug-likeness (QED) is 0.316. The number of H-pyrrole nitrogens is 1. The number of carbonyl (C=O) groups is 1. The van der Waals surface area contributed by atoms with E-state index in [1.54, 1.807) is 13.2 Å². The molecule has 1 aromatic carbocycles. The van der Waals surface area contributed by atoms with Gasteiger partial charge in [0.05, 0.1) is 29.9 Å². The number of hydrogen-bond acceptors (Lipinski definition) is 10. The number of aromatic nitrogens is 4. The number of carbonyl (C=O) groups excluding carboxylic acids is 1. The summed E-state index contributed by atoms with van der Waals surface area (Å²) in [6.07, 6.45) is 3.46. The Kier molecular flexibility index (Phi) is 4.81. The van der Waals surface area contributed by atoms with Gasteiger partial charge in [0.2, 0.25) is 11.0 Å². The van der Waals surface area contributed by atoms with Gasteiger partial charge in [0.25, 0.3) is 0 Å². The van der Waals surface area contributed by atoms with E-state index >= 15 is 0 Å². The lowest BCUT2D eigenvalue weighted by Crippen LogP contribution is -2.41. The molecule has 0 radical (unpaired) electrons. The first-order chi connectivity index (χ1) is 16.4. The van der Waals surface area contributed by atoms with Crippen molar-refractivity contribution >= 4 is 61.7 Å². The molecule has 2 fully saturated rings. The average Bonchev–Trinajstić information content (AvgIpc) is 3.60. The number of esters is 1. The first-order valence-corrected chi connectivity index (χ1v) is 11.8. The van der Waals surface area contributed by atoms with Crippen molar-refractivity contribution in [2.45, 2.75) is 24.9 Å². The maximum atomic E-state index is 14.5. The third-order valence-electron chi connectivity index (χ3n) is 6.74. The molecule has 0 spiro atoms. The molecule has 1 aliphatic carbocycles. The molecule has 0 amide bonds. The Morgan fingerprint density at radius 1 is 1.35 bits per heavy atom. The number of nitrogens with one attached hydrogen (secondary N) is 3. The van der Waals surface area contributed by atoms with Gasteiger partial charge in [0, 0.05) is 31.1 Å². The van der Waals surface area contributed by atoms with Crippen LogP contribution in [0, 0.1) is 11.7 Å². The van der Waals surface area contributed by atoms with Crippen LogP contribution in [0.15, 0.2) is 18.3 Å². The average molecular weight is 483 g/mol. The number of thiazole rings is 1. The SMILES string of the molecule is CNc1cc(F)cc2c1[nH]c1nc(Nc3cnc(C(=O)OC)s3)nc(N3C[C@H]4C[C@@H]3C[C@H]4N)c12. The summed E-state index contributed by atoms with van der Waals surface area (Å²) in [6.45, 7) is 0.797. The fraction of sp³-hybridized carbons (Fsp3) is 0.364. The van der Waals surface area contributed by atoms with Crippen LogP contribution in [0.1, 0.15) is 22.6 Å². The minimum Gasteiger partial charge on any atom is -0.464 e. The van der Waals surface area contributed by atoms with Crippen molar-refractivity contribution < 1.29 is 13.9 Å². The number of fused-ring (bicyclic) bond motifs is 5. The van der Waals surface area contributed by atoms with Crippen LogP contribution in [-0.4, -0.2) is 58.7 Å². The number of nitrogens with two attached hydrogens (primary N) is 1. The molecule has 3 atom stereocenters. The van der Waals surface area contributed by atoms with Crippen molar-refractivity contribution in [1.29, 1.82) is 0 Å². The van der Waals surface area contributed by atoms with E-state index in [4.69, 9.17) is 15.5 Å². The van der Waals surface area contributed by atoms with E-state index in [1.807, 2.05) is 0 Å². The highest BCUT2D eigenvalue weighted by atomic mass is 32.1. The van der Waals surface area contributed by atoms with Crippen LogP contribution >= 0.6 is 11.3 Å². The van der Waals surface area contributed by atoms with Crippen molar-refractivity contribution in [3.63, 3.8) is 0 Å². The number of anilines is 4. The van der Waals surface area contributed by atoms with Gasteiger partial charge in [-0.2, -0.15) is 9.97 Å². The number of methoxy groups -OCH3 is 1. The van der Waals surface area contributed by atoms with E-state index < -0.39 is 5.97 Å². The molecule has 34 heavy (non-hydrogen) atoms. The number of piperidine rings is 1. The standard InChI is InChI=1S/C22H23FN8O2S/c1-25-14-5-10(23)4-12-16-18(28-17(12)14)29-22(27-15-7-26-20(34-15)21(32)33-2)30-19(16)31-8-9-3-11(31)6-13(9)24/h4-5,7,9,11,13,25H,3,6,8,24H2,1-2H3,(H2,27,28,29,30)/t9-,11-,13-/m1/s1. The van der Waals surface area contributed by atoms with E-state index in [9.17, 15) is 9.18 Å². The molecule has 5 N–H and O–H groups in total. The zero-order chi connectivity index (χ0) is 23.6. The smallest absolute Gasteiger partial charge is 0.367 e. The number of rotatable bonds is 5. The van der Waals surface area contributed by atoms with E-state index in [0.717, 1.165) is 52.8 Å². The van der Waals surface area contributed by atoms with Gasteiger partial charge >= 0.3 is 5.97 Å². The molecule has 1 saturated carbocycles. The van der Waals surface area contributed by atoms with Crippen molar-refractivity contribution in [1.82, 2.24) is 19.9 Å². The highest BCUT2D eigenvalue weighted by Gasteiger charge is 2.44. The Morgan fingerprint density at radius 3 is 2.91 bits per heavy atom. The molecule has 2 aliphatic rings. The van der Waals surface area contributed by atoms with Crippen LogP contribution in [0.25, 0.3) is 21.9 Å². The Bertz CT molecular complexity index is 1430. The molecule has 4 heterocycles. The highest BCUT2D eigenvalue weighted by molar-refractivity contribution is 7.17. The van der Waals surface area contributed by atoms with Crippen LogP contribution in [0.2, 0.25) is 0 Å². The molecule has 3 aromatic heterocycles. The number of halogens is 1. The summed E-state index contributed by atoms with van der Waals surface area (Å²) < 4.78 is 19.2. The summed E-state index contributed by atoms with van der Waals surface area (Å²) >= 11 is 1.15. The monoisotopic (exact) mass is 482 g/mol. The van der Waals surface area contributed by atoms with Crippen LogP contribution < -0.4 is 21.3 Å². The number of hydrogen-bond donors (Lipinski definition) is 4. The number of benzene rings is 1. The summed E-state index contributed by atoms with van der Waals surface area (Å²) in [5, 5.41) is 8.55. The maximum Gasteiger partial charge on any atom is 0.367 e. The van der Waals surface area contributed by atoms with Gasteiger partial charge < -0.3 is 31.0 Å². The molecule has 1 aliphatic heterocycles. The fourth-order valence-corrected chi connectivity index (χ4v) is 5.91. The molecule has 0 unspecified atom stereocenters. The molecular weight excluding hydrogens is 459 g/mol. The Balaban J connectivity index is 1.50. The summed E-state index contributed by atoms with van der Waals surface area (Å²) in [4.78, 5) is 31.0. The zero-order valence-corrected chi connectivity index (χ0v) is 19.4. The van der Waals surface area contributed by atoms with Gasteiger partial charge in [-0.05, 0) is 30.9 Å². The molecule has 12 heteroatoms. The first kappa shape index (κ1) is 21.1. The summed E-state index contributed by atoms with van der Waals surface area (Å²) in [5.41, 5.74) is 8.29. The lowest BCUT2D eigenvalue weighted by Gasteiger charge is -2.31.